The number of rotatable bonds is 5. The highest BCUT2D eigenvalue weighted by Gasteiger charge is 2.32. The first-order chi connectivity index (χ1) is 11.1. The minimum Gasteiger partial charge on any atom is -0.496 e. The lowest BCUT2D eigenvalue weighted by atomic mass is 9.81. The van der Waals surface area contributed by atoms with Gasteiger partial charge in [-0.25, -0.2) is 0 Å². The van der Waals surface area contributed by atoms with Gasteiger partial charge in [0.2, 0.25) is 0 Å². The Morgan fingerprint density at radius 2 is 2.04 bits per heavy atom. The lowest BCUT2D eigenvalue weighted by Crippen LogP contribution is -2.36. The van der Waals surface area contributed by atoms with Crippen LogP contribution >= 0.6 is 11.8 Å². The van der Waals surface area contributed by atoms with Gasteiger partial charge < -0.3 is 14.3 Å². The molecule has 6 heteroatoms. The summed E-state index contributed by atoms with van der Waals surface area (Å²) in [6, 6.07) is 7.55. The summed E-state index contributed by atoms with van der Waals surface area (Å²) in [5, 5.41) is 19.3. The molecular weight excluding hydrogens is 312 g/mol. The average Bonchev–Trinajstić information content (AvgIpc) is 3.05. The Bertz CT molecular complexity index is 651. The SMILES string of the molecule is COc1ccccc1-c1nnc(SCC2(O)CCC(C)CC2)o1. The zero-order chi connectivity index (χ0) is 16.3. The Morgan fingerprint density at radius 3 is 2.78 bits per heavy atom. The Kier molecular flexibility index (Phi) is 4.92. The first kappa shape index (κ1) is 16.3. The first-order valence-corrected chi connectivity index (χ1v) is 8.90. The second kappa shape index (κ2) is 6.93. The Hall–Kier alpha value is -1.53. The van der Waals surface area contributed by atoms with Gasteiger partial charge >= 0.3 is 0 Å². The van der Waals surface area contributed by atoms with Gasteiger partial charge in [0.1, 0.15) is 5.75 Å². The number of aliphatic hydroxyl groups is 1. The smallest absolute Gasteiger partial charge is 0.276 e. The number of ether oxygens (including phenoxy) is 1. The maximum Gasteiger partial charge on any atom is 0.276 e. The molecule has 1 aliphatic rings. The van der Waals surface area contributed by atoms with E-state index in [0.29, 0.717) is 28.5 Å². The quantitative estimate of drug-likeness (QED) is 0.839. The molecule has 1 fully saturated rings. The van der Waals surface area contributed by atoms with Crippen LogP contribution in [0.5, 0.6) is 5.75 Å². The summed E-state index contributed by atoms with van der Waals surface area (Å²) in [4.78, 5) is 0. The van der Waals surface area contributed by atoms with Gasteiger partial charge in [0.25, 0.3) is 11.1 Å². The number of hydrogen-bond acceptors (Lipinski definition) is 6. The molecule has 1 aliphatic carbocycles. The Labute approximate surface area is 140 Å². The normalized spacial score (nSPS) is 24.6. The van der Waals surface area contributed by atoms with Crippen molar-refractivity contribution in [2.24, 2.45) is 5.92 Å². The van der Waals surface area contributed by atoms with E-state index in [1.165, 1.54) is 11.8 Å². The van der Waals surface area contributed by atoms with Crippen molar-refractivity contribution in [2.45, 2.75) is 43.4 Å². The van der Waals surface area contributed by atoms with Crippen molar-refractivity contribution in [2.75, 3.05) is 12.9 Å². The van der Waals surface area contributed by atoms with Crippen LogP contribution in [0.15, 0.2) is 33.9 Å². The average molecular weight is 334 g/mol. The van der Waals surface area contributed by atoms with E-state index in [1.807, 2.05) is 24.3 Å². The van der Waals surface area contributed by atoms with E-state index in [-0.39, 0.29) is 0 Å². The fourth-order valence-electron chi connectivity index (χ4n) is 2.84. The molecule has 5 nitrogen and oxygen atoms in total. The number of thioether (sulfide) groups is 1. The molecule has 0 atom stereocenters. The van der Waals surface area contributed by atoms with Gasteiger partial charge in [-0.05, 0) is 43.7 Å². The third kappa shape index (κ3) is 3.87. The molecule has 3 rings (SSSR count). The third-order valence-electron chi connectivity index (χ3n) is 4.41. The van der Waals surface area contributed by atoms with Crippen LogP contribution in [0.1, 0.15) is 32.6 Å². The van der Waals surface area contributed by atoms with Crippen molar-refractivity contribution in [1.29, 1.82) is 0 Å². The fourth-order valence-corrected chi connectivity index (χ4v) is 3.76. The summed E-state index contributed by atoms with van der Waals surface area (Å²) in [7, 11) is 1.62. The molecule has 1 N–H and O–H groups in total. The van der Waals surface area contributed by atoms with Crippen LogP contribution in [-0.4, -0.2) is 33.8 Å². The van der Waals surface area contributed by atoms with E-state index >= 15 is 0 Å². The predicted molar refractivity (Wildman–Crippen MR) is 89.6 cm³/mol. The number of methoxy groups -OCH3 is 1. The van der Waals surface area contributed by atoms with Gasteiger partial charge in [0, 0.05) is 5.75 Å². The molecule has 1 saturated carbocycles. The minimum atomic E-state index is -0.615. The zero-order valence-corrected chi connectivity index (χ0v) is 14.3. The van der Waals surface area contributed by atoms with Gasteiger partial charge in [0.05, 0.1) is 18.3 Å². The summed E-state index contributed by atoms with van der Waals surface area (Å²) < 4.78 is 11.0. The first-order valence-electron chi connectivity index (χ1n) is 7.92. The number of para-hydroxylation sites is 1. The standard InChI is InChI=1S/C17H22N2O3S/c1-12-7-9-17(20,10-8-12)11-23-16-19-18-15(22-16)13-5-3-4-6-14(13)21-2/h3-6,12,20H,7-11H2,1-2H3. The molecule has 1 aromatic heterocycles. The summed E-state index contributed by atoms with van der Waals surface area (Å²) in [6.45, 7) is 2.24. The van der Waals surface area contributed by atoms with E-state index < -0.39 is 5.60 Å². The van der Waals surface area contributed by atoms with Crippen molar-refractivity contribution < 1.29 is 14.3 Å². The molecule has 0 radical (unpaired) electrons. The lowest BCUT2D eigenvalue weighted by molar-refractivity contribution is 0.0149. The molecule has 1 heterocycles. The van der Waals surface area contributed by atoms with Crippen molar-refractivity contribution in [3.05, 3.63) is 24.3 Å². The molecule has 0 saturated heterocycles. The second-order valence-corrected chi connectivity index (χ2v) is 7.20. The summed E-state index contributed by atoms with van der Waals surface area (Å²) in [6.07, 6.45) is 3.84. The highest BCUT2D eigenvalue weighted by Crippen LogP contribution is 2.36. The second-order valence-electron chi connectivity index (χ2n) is 6.27. The molecule has 0 aliphatic heterocycles. The predicted octanol–water partition coefficient (Wildman–Crippen LogP) is 3.78. The Morgan fingerprint density at radius 1 is 1.30 bits per heavy atom. The number of nitrogens with zero attached hydrogens (tertiary/aromatic N) is 2. The molecule has 2 aromatic rings. The molecular formula is C17H22N2O3S. The highest BCUT2D eigenvalue weighted by atomic mass is 32.2. The molecule has 23 heavy (non-hydrogen) atoms. The van der Waals surface area contributed by atoms with Crippen molar-refractivity contribution >= 4 is 11.8 Å². The van der Waals surface area contributed by atoms with E-state index in [9.17, 15) is 5.11 Å². The van der Waals surface area contributed by atoms with Crippen LogP contribution in [0.2, 0.25) is 0 Å². The summed E-state index contributed by atoms with van der Waals surface area (Å²) >= 11 is 1.42. The molecule has 0 spiro atoms. The van der Waals surface area contributed by atoms with E-state index in [1.54, 1.807) is 7.11 Å². The van der Waals surface area contributed by atoms with Gasteiger partial charge in [0.15, 0.2) is 0 Å². The lowest BCUT2D eigenvalue weighted by Gasteiger charge is -2.34. The van der Waals surface area contributed by atoms with Gasteiger partial charge in [-0.3, -0.25) is 0 Å². The molecule has 0 amide bonds. The Balaban J connectivity index is 1.66. The maximum atomic E-state index is 10.6. The van der Waals surface area contributed by atoms with Crippen molar-refractivity contribution in [1.82, 2.24) is 10.2 Å². The number of aromatic nitrogens is 2. The molecule has 0 unspecified atom stereocenters. The molecule has 0 bridgehead atoms. The molecule has 124 valence electrons. The number of hydrogen-bond donors (Lipinski definition) is 1. The van der Waals surface area contributed by atoms with E-state index in [0.717, 1.165) is 31.2 Å². The van der Waals surface area contributed by atoms with Crippen LogP contribution in [0, 0.1) is 5.92 Å². The van der Waals surface area contributed by atoms with E-state index in [4.69, 9.17) is 9.15 Å². The maximum absolute atomic E-state index is 10.6. The zero-order valence-electron chi connectivity index (χ0n) is 13.5. The van der Waals surface area contributed by atoms with Crippen LogP contribution in [0.3, 0.4) is 0 Å². The van der Waals surface area contributed by atoms with Crippen molar-refractivity contribution in [3.8, 4) is 17.2 Å². The van der Waals surface area contributed by atoms with Gasteiger partial charge in [-0.1, -0.05) is 30.8 Å². The largest absolute Gasteiger partial charge is 0.496 e. The van der Waals surface area contributed by atoms with E-state index in [2.05, 4.69) is 17.1 Å². The van der Waals surface area contributed by atoms with Crippen LogP contribution in [0.4, 0.5) is 0 Å². The monoisotopic (exact) mass is 334 g/mol. The third-order valence-corrected chi connectivity index (χ3v) is 5.51. The summed E-state index contributed by atoms with van der Waals surface area (Å²) in [5.74, 6) is 2.44. The molecule has 1 aromatic carbocycles. The highest BCUT2D eigenvalue weighted by molar-refractivity contribution is 7.99. The van der Waals surface area contributed by atoms with Gasteiger partial charge in [-0.15, -0.1) is 10.2 Å². The van der Waals surface area contributed by atoms with Crippen LogP contribution in [-0.2, 0) is 0 Å². The van der Waals surface area contributed by atoms with Crippen LogP contribution < -0.4 is 4.74 Å². The summed E-state index contributed by atoms with van der Waals surface area (Å²) in [5.41, 5.74) is 0.163. The fraction of sp³-hybridized carbons (Fsp3) is 0.529. The topological polar surface area (TPSA) is 68.4 Å². The van der Waals surface area contributed by atoms with Crippen LogP contribution in [0.25, 0.3) is 11.5 Å². The number of benzene rings is 1. The van der Waals surface area contributed by atoms with Gasteiger partial charge in [-0.2, -0.15) is 0 Å². The minimum absolute atomic E-state index is 0.439. The van der Waals surface area contributed by atoms with Crippen molar-refractivity contribution in [3.63, 3.8) is 0 Å².